The molecule has 0 radical (unpaired) electrons. The number of aromatic hydroxyl groups is 2. The Labute approximate surface area is 280 Å². The molecule has 0 aliphatic heterocycles. The molecule has 0 bridgehead atoms. The number of nitrogens with two attached hydrogens (primary N) is 1. The summed E-state index contributed by atoms with van der Waals surface area (Å²) in [6, 6.07) is 23.3. The first-order chi connectivity index (χ1) is 23.1. The van der Waals surface area contributed by atoms with Gasteiger partial charge in [-0.2, -0.15) is 27.1 Å². The lowest BCUT2D eigenvalue weighted by Gasteiger charge is -2.10. The van der Waals surface area contributed by atoms with Crippen LogP contribution >= 0.6 is 0 Å². The third-order valence-electron chi connectivity index (χ3n) is 7.89. The third-order valence-corrected chi connectivity index (χ3v) is 9.70. The van der Waals surface area contributed by atoms with Crippen molar-refractivity contribution >= 4 is 70.2 Å². The molecule has 0 saturated heterocycles. The highest BCUT2D eigenvalue weighted by Gasteiger charge is 2.20. The van der Waals surface area contributed by atoms with Gasteiger partial charge in [0, 0.05) is 16.5 Å². The molecule has 13 nitrogen and oxygen atoms in total. The molecule has 0 amide bonds. The van der Waals surface area contributed by atoms with Crippen molar-refractivity contribution in [3.8, 4) is 22.6 Å². The normalized spacial score (nSPS) is 12.5. The number of fused-ring (bicyclic) bond motifs is 2. The number of hydrogen-bond donors (Lipinski definition) is 5. The number of nitrogens with zero attached hydrogens (tertiary/aromatic N) is 4. The van der Waals surface area contributed by atoms with Gasteiger partial charge < -0.3 is 15.9 Å². The molecule has 0 unspecified atom stereocenters. The molecular formula is C34H27N5O8S2. The van der Waals surface area contributed by atoms with Gasteiger partial charge in [-0.3, -0.25) is 9.11 Å². The minimum absolute atomic E-state index is 0.0220. The minimum atomic E-state index is -4.61. The van der Waals surface area contributed by atoms with Crippen molar-refractivity contribution in [1.29, 1.82) is 0 Å². The zero-order valence-electron chi connectivity index (χ0n) is 25.8. The van der Waals surface area contributed by atoms with Gasteiger partial charge in [0.25, 0.3) is 20.2 Å². The Bertz CT molecular complexity index is 2620. The fourth-order valence-electron chi connectivity index (χ4n) is 5.46. The molecule has 0 aliphatic carbocycles. The Morgan fingerprint density at radius 3 is 1.76 bits per heavy atom. The quantitative estimate of drug-likeness (QED) is 0.0610. The highest BCUT2D eigenvalue weighted by atomic mass is 32.2. The molecule has 6 aromatic carbocycles. The third kappa shape index (κ3) is 6.42. The van der Waals surface area contributed by atoms with Crippen molar-refractivity contribution in [1.82, 2.24) is 0 Å². The molecule has 49 heavy (non-hydrogen) atoms. The van der Waals surface area contributed by atoms with Crippen LogP contribution in [0.3, 0.4) is 0 Å². The predicted octanol–water partition coefficient (Wildman–Crippen LogP) is 8.59. The molecule has 0 aliphatic rings. The molecule has 0 aromatic heterocycles. The van der Waals surface area contributed by atoms with Crippen LogP contribution in [-0.2, 0) is 20.2 Å². The van der Waals surface area contributed by atoms with Crippen LogP contribution in [0.1, 0.15) is 11.1 Å². The fraction of sp³-hybridized carbons (Fsp3) is 0.0588. The first-order valence-electron chi connectivity index (χ1n) is 14.4. The topological polar surface area (TPSA) is 225 Å². The maximum absolute atomic E-state index is 12.0. The van der Waals surface area contributed by atoms with E-state index in [0.29, 0.717) is 16.8 Å². The van der Waals surface area contributed by atoms with Crippen LogP contribution < -0.4 is 5.73 Å². The second kappa shape index (κ2) is 12.4. The van der Waals surface area contributed by atoms with Crippen LogP contribution in [0.4, 0.5) is 28.4 Å². The van der Waals surface area contributed by atoms with E-state index < -0.39 is 30.0 Å². The van der Waals surface area contributed by atoms with E-state index in [4.69, 9.17) is 5.73 Å². The van der Waals surface area contributed by atoms with Crippen molar-refractivity contribution in [3.63, 3.8) is 0 Å². The van der Waals surface area contributed by atoms with E-state index in [2.05, 4.69) is 20.5 Å². The summed E-state index contributed by atoms with van der Waals surface area (Å²) in [6.07, 6.45) is 0. The van der Waals surface area contributed by atoms with Crippen LogP contribution in [-0.4, -0.2) is 36.2 Å². The van der Waals surface area contributed by atoms with Crippen molar-refractivity contribution in [2.45, 2.75) is 23.6 Å². The van der Waals surface area contributed by atoms with E-state index in [1.54, 1.807) is 18.2 Å². The molecule has 0 spiro atoms. The zero-order valence-corrected chi connectivity index (χ0v) is 27.4. The fourth-order valence-corrected chi connectivity index (χ4v) is 6.87. The molecule has 6 N–H and O–H groups in total. The Kier molecular flexibility index (Phi) is 8.37. The lowest BCUT2D eigenvalue weighted by molar-refractivity contribution is 0.476. The summed E-state index contributed by atoms with van der Waals surface area (Å²) < 4.78 is 66.9. The van der Waals surface area contributed by atoms with E-state index in [1.807, 2.05) is 38.1 Å². The highest BCUT2D eigenvalue weighted by Crippen LogP contribution is 2.42. The summed E-state index contributed by atoms with van der Waals surface area (Å²) in [5.41, 5.74) is 10.2. The van der Waals surface area contributed by atoms with Crippen molar-refractivity contribution in [3.05, 3.63) is 102 Å². The van der Waals surface area contributed by atoms with Gasteiger partial charge in [0.05, 0.1) is 16.8 Å². The number of rotatable bonds is 7. The average Bonchev–Trinajstić information content (AvgIpc) is 3.03. The average molecular weight is 698 g/mol. The second-order valence-corrected chi connectivity index (χ2v) is 13.9. The lowest BCUT2D eigenvalue weighted by Crippen LogP contribution is -2.00. The Morgan fingerprint density at radius 1 is 0.592 bits per heavy atom. The van der Waals surface area contributed by atoms with E-state index in [0.717, 1.165) is 28.3 Å². The summed E-state index contributed by atoms with van der Waals surface area (Å²) in [6.45, 7) is 3.66. The van der Waals surface area contributed by atoms with Crippen LogP contribution in [0.25, 0.3) is 32.7 Å². The summed E-state index contributed by atoms with van der Waals surface area (Å²) in [5, 5.41) is 38.8. The SMILES string of the molecule is Cc1cc(-c2ccc(N=Nc3c(O)ccc4cccc(S(=O)(=O)O)c34)c(C)c2)ccc1N=Nc1ccc2c(S(=O)(=O)O)ccc(N)c2c1O. The maximum Gasteiger partial charge on any atom is 0.295 e. The smallest absolute Gasteiger partial charge is 0.295 e. The van der Waals surface area contributed by atoms with E-state index in [-0.39, 0.29) is 44.7 Å². The monoisotopic (exact) mass is 697 g/mol. The van der Waals surface area contributed by atoms with Gasteiger partial charge in [-0.15, -0.1) is 10.2 Å². The van der Waals surface area contributed by atoms with Gasteiger partial charge >= 0.3 is 0 Å². The van der Waals surface area contributed by atoms with Gasteiger partial charge in [0.2, 0.25) is 0 Å². The van der Waals surface area contributed by atoms with Gasteiger partial charge in [-0.1, -0.05) is 36.4 Å². The molecule has 248 valence electrons. The Balaban J connectivity index is 1.28. The zero-order chi connectivity index (χ0) is 35.2. The van der Waals surface area contributed by atoms with Crippen LogP contribution in [0, 0.1) is 13.8 Å². The number of nitrogen functional groups attached to an aromatic ring is 1. The summed E-state index contributed by atoms with van der Waals surface area (Å²) >= 11 is 0. The number of hydrogen-bond acceptors (Lipinski definition) is 11. The number of phenolic OH excluding ortho intramolecular Hbond substituents is 2. The molecule has 15 heteroatoms. The summed E-state index contributed by atoms with van der Waals surface area (Å²) in [4.78, 5) is -0.792. The van der Waals surface area contributed by atoms with Gasteiger partial charge in [-0.05, 0) is 96.1 Å². The summed E-state index contributed by atoms with van der Waals surface area (Å²) in [7, 11) is -9.17. The van der Waals surface area contributed by atoms with E-state index in [9.17, 15) is 36.2 Å². The molecule has 0 heterocycles. The number of aryl methyl sites for hydroxylation is 2. The van der Waals surface area contributed by atoms with Crippen LogP contribution in [0.2, 0.25) is 0 Å². The van der Waals surface area contributed by atoms with Gasteiger partial charge in [0.15, 0.2) is 5.75 Å². The van der Waals surface area contributed by atoms with Gasteiger partial charge in [-0.25, -0.2) is 0 Å². The first kappa shape index (κ1) is 33.2. The first-order valence-corrected chi connectivity index (χ1v) is 17.3. The van der Waals surface area contributed by atoms with Crippen LogP contribution in [0.15, 0.2) is 121 Å². The van der Waals surface area contributed by atoms with Crippen molar-refractivity contribution in [2.75, 3.05) is 5.73 Å². The lowest BCUT2D eigenvalue weighted by atomic mass is 10.0. The molecule has 6 aromatic rings. The van der Waals surface area contributed by atoms with Crippen molar-refractivity contribution in [2.24, 2.45) is 20.5 Å². The molecule has 0 saturated carbocycles. The largest absolute Gasteiger partial charge is 0.506 e. The molecule has 0 atom stereocenters. The maximum atomic E-state index is 12.0. The number of phenols is 2. The van der Waals surface area contributed by atoms with Crippen LogP contribution in [0.5, 0.6) is 11.5 Å². The van der Waals surface area contributed by atoms with Crippen molar-refractivity contribution < 1.29 is 36.2 Å². The Morgan fingerprint density at radius 2 is 1.16 bits per heavy atom. The summed E-state index contributed by atoms with van der Waals surface area (Å²) in [5.74, 6) is -0.693. The number of azo groups is 2. The minimum Gasteiger partial charge on any atom is -0.506 e. The molecule has 0 fully saturated rings. The highest BCUT2D eigenvalue weighted by molar-refractivity contribution is 7.86. The standard InChI is InChI=1S/C34H27N5O8S2/c1-18-16-21(6-11-25(18)36-38-27-13-9-23-29(48(42,43)44)15-10-24(35)32(23)34(27)41)22-7-12-26(19(2)17-22)37-39-33-28(40)14-8-20-4-3-5-30(31(20)33)49(45,46)47/h3-17,40-41H,35H2,1-2H3,(H,42,43,44)(H,45,46,47). The van der Waals surface area contributed by atoms with E-state index in [1.165, 1.54) is 42.5 Å². The molecular weight excluding hydrogens is 671 g/mol. The van der Waals surface area contributed by atoms with Gasteiger partial charge in [0.1, 0.15) is 26.9 Å². The van der Waals surface area contributed by atoms with E-state index >= 15 is 0 Å². The molecule has 6 rings (SSSR count). The predicted molar refractivity (Wildman–Crippen MR) is 185 cm³/mol. The number of benzene rings is 6. The number of anilines is 1. The second-order valence-electron chi connectivity index (χ2n) is 11.1. The Hall–Kier alpha value is -5.74.